The molecular formula is C20H13ClN2O3S2. The molecule has 28 heavy (non-hydrogen) atoms. The molecule has 1 aliphatic rings. The number of carbonyl (C=O) groups excluding carboxylic acids is 1. The number of allylic oxidation sites excluding steroid dienone is 1. The minimum Gasteiger partial charge on any atom is -0.454 e. The zero-order chi connectivity index (χ0) is 19.3. The fraction of sp³-hybridized carbons (Fsp3) is 0.100. The lowest BCUT2D eigenvalue weighted by Crippen LogP contribution is -2.16. The molecule has 3 heterocycles. The van der Waals surface area contributed by atoms with E-state index in [2.05, 4.69) is 11.6 Å². The van der Waals surface area contributed by atoms with Crippen LogP contribution in [0.4, 0.5) is 0 Å². The lowest BCUT2D eigenvalue weighted by molar-refractivity contribution is 0.100. The summed E-state index contributed by atoms with van der Waals surface area (Å²) in [4.78, 5) is 18.3. The highest BCUT2D eigenvalue weighted by molar-refractivity contribution is 7.21. The minimum atomic E-state index is -0.351. The molecule has 0 N–H and O–H groups in total. The smallest absolute Gasteiger partial charge is 0.291 e. The molecule has 4 aromatic rings. The first-order chi connectivity index (χ1) is 13.7. The lowest BCUT2D eigenvalue weighted by atomic mass is 10.2. The molecule has 1 amide bonds. The van der Waals surface area contributed by atoms with Gasteiger partial charge in [-0.25, -0.2) is 0 Å². The molecule has 0 radical (unpaired) electrons. The first-order valence-electron chi connectivity index (χ1n) is 8.45. The number of fused-ring (bicyclic) bond motifs is 3. The number of hydrogen-bond donors (Lipinski definition) is 0. The molecule has 140 valence electrons. The van der Waals surface area contributed by atoms with Crippen LogP contribution in [-0.4, -0.2) is 17.3 Å². The molecule has 0 spiro atoms. The summed E-state index contributed by atoms with van der Waals surface area (Å²) in [5, 5.41) is 1.32. The Morgan fingerprint density at radius 3 is 2.79 bits per heavy atom. The molecule has 8 heteroatoms. The van der Waals surface area contributed by atoms with Crippen molar-refractivity contribution >= 4 is 60.5 Å². The minimum absolute atomic E-state index is 0.216. The van der Waals surface area contributed by atoms with Crippen molar-refractivity contribution in [1.82, 2.24) is 4.57 Å². The number of aromatic nitrogens is 1. The predicted molar refractivity (Wildman–Crippen MR) is 113 cm³/mol. The van der Waals surface area contributed by atoms with Gasteiger partial charge in [-0.05, 0) is 6.07 Å². The fourth-order valence-electron chi connectivity index (χ4n) is 3.14. The van der Waals surface area contributed by atoms with Gasteiger partial charge in [-0.1, -0.05) is 47.2 Å². The molecule has 0 saturated heterocycles. The zero-order valence-electron chi connectivity index (χ0n) is 14.5. The summed E-state index contributed by atoms with van der Waals surface area (Å²) in [5.41, 5.74) is 0.920. The Hall–Kier alpha value is -2.61. The van der Waals surface area contributed by atoms with E-state index in [9.17, 15) is 4.79 Å². The van der Waals surface area contributed by atoms with Crippen LogP contribution in [0.15, 0.2) is 54.0 Å². The van der Waals surface area contributed by atoms with Crippen molar-refractivity contribution in [3.63, 3.8) is 0 Å². The predicted octanol–water partition coefficient (Wildman–Crippen LogP) is 5.23. The summed E-state index contributed by atoms with van der Waals surface area (Å²) in [6.45, 7) is 4.55. The average Bonchev–Trinajstić information content (AvgIpc) is 3.37. The van der Waals surface area contributed by atoms with Crippen molar-refractivity contribution < 1.29 is 14.3 Å². The molecule has 2 aromatic heterocycles. The van der Waals surface area contributed by atoms with Crippen molar-refractivity contribution in [1.29, 1.82) is 0 Å². The Kier molecular flexibility index (Phi) is 4.23. The van der Waals surface area contributed by atoms with E-state index in [0.29, 0.717) is 32.7 Å². The highest BCUT2D eigenvalue weighted by Gasteiger charge is 2.19. The number of carbonyl (C=O) groups is 1. The first-order valence-corrected chi connectivity index (χ1v) is 10.5. The Balaban J connectivity index is 1.67. The normalized spacial score (nSPS) is 13.5. The van der Waals surface area contributed by atoms with Gasteiger partial charge in [0.2, 0.25) is 6.79 Å². The van der Waals surface area contributed by atoms with E-state index in [0.717, 1.165) is 20.3 Å². The number of nitrogens with zero attached hydrogens (tertiary/aromatic N) is 2. The van der Waals surface area contributed by atoms with E-state index < -0.39 is 0 Å². The second-order valence-electron chi connectivity index (χ2n) is 6.12. The maximum Gasteiger partial charge on any atom is 0.291 e. The van der Waals surface area contributed by atoms with Crippen LogP contribution in [0.2, 0.25) is 5.02 Å². The quantitative estimate of drug-likeness (QED) is 0.420. The SMILES string of the molecule is C=CCn1c(=NC(=O)c2sc3ccccc3c2Cl)sc2cc3c(cc21)OCO3. The molecule has 0 fully saturated rings. The van der Waals surface area contributed by atoms with E-state index >= 15 is 0 Å². The van der Waals surface area contributed by atoms with E-state index in [1.54, 1.807) is 6.08 Å². The van der Waals surface area contributed by atoms with Gasteiger partial charge in [-0.15, -0.1) is 17.9 Å². The number of ether oxygens (including phenoxy) is 2. The summed E-state index contributed by atoms with van der Waals surface area (Å²) in [5.74, 6) is 1.04. The molecule has 2 aromatic carbocycles. The van der Waals surface area contributed by atoms with Gasteiger partial charge in [0.25, 0.3) is 5.91 Å². The van der Waals surface area contributed by atoms with Crippen LogP contribution in [-0.2, 0) is 6.54 Å². The molecular weight excluding hydrogens is 416 g/mol. The number of benzene rings is 2. The van der Waals surface area contributed by atoms with Gasteiger partial charge in [-0.2, -0.15) is 4.99 Å². The highest BCUT2D eigenvalue weighted by Crippen LogP contribution is 2.37. The number of thiazole rings is 1. The number of thiophene rings is 1. The second-order valence-corrected chi connectivity index (χ2v) is 8.55. The average molecular weight is 429 g/mol. The van der Waals surface area contributed by atoms with Crippen molar-refractivity contribution in [2.45, 2.75) is 6.54 Å². The van der Waals surface area contributed by atoms with Gasteiger partial charge < -0.3 is 14.0 Å². The van der Waals surface area contributed by atoms with Gasteiger partial charge in [0, 0.05) is 28.8 Å². The summed E-state index contributed by atoms with van der Waals surface area (Å²) in [6, 6.07) is 11.5. The standard InChI is InChI=1S/C20H13ClN2O3S2/c1-2-7-23-12-8-13-14(26-10-25-13)9-16(12)28-20(23)22-19(24)18-17(21)11-5-3-4-6-15(11)27-18/h2-6,8-9H,1,7,10H2. The largest absolute Gasteiger partial charge is 0.454 e. The molecule has 0 atom stereocenters. The third-order valence-electron chi connectivity index (χ3n) is 4.42. The van der Waals surface area contributed by atoms with Gasteiger partial charge in [0.1, 0.15) is 4.88 Å². The summed E-state index contributed by atoms with van der Waals surface area (Å²) >= 11 is 9.22. The second kappa shape index (κ2) is 6.77. The molecule has 0 bridgehead atoms. The monoisotopic (exact) mass is 428 g/mol. The Morgan fingerprint density at radius 1 is 1.21 bits per heavy atom. The molecule has 0 aliphatic carbocycles. The molecule has 0 saturated carbocycles. The van der Waals surface area contributed by atoms with Crippen molar-refractivity contribution in [3.8, 4) is 11.5 Å². The van der Waals surface area contributed by atoms with Gasteiger partial charge in [-0.3, -0.25) is 4.79 Å². The van der Waals surface area contributed by atoms with Crippen LogP contribution in [0.25, 0.3) is 20.3 Å². The van der Waals surface area contributed by atoms with Crippen LogP contribution in [0.5, 0.6) is 11.5 Å². The summed E-state index contributed by atoms with van der Waals surface area (Å²) in [6.07, 6.45) is 1.77. The van der Waals surface area contributed by atoms with Crippen LogP contribution >= 0.6 is 34.3 Å². The van der Waals surface area contributed by atoms with E-state index in [4.69, 9.17) is 21.1 Å². The van der Waals surface area contributed by atoms with Crippen molar-refractivity contribution in [2.75, 3.05) is 6.79 Å². The number of halogens is 1. The number of rotatable bonds is 3. The van der Waals surface area contributed by atoms with Gasteiger partial charge >= 0.3 is 0 Å². The third kappa shape index (κ3) is 2.74. The molecule has 5 rings (SSSR count). The Morgan fingerprint density at radius 2 is 2.00 bits per heavy atom. The fourth-order valence-corrected chi connectivity index (χ4v) is 5.58. The number of amides is 1. The lowest BCUT2D eigenvalue weighted by Gasteiger charge is -2.02. The summed E-state index contributed by atoms with van der Waals surface area (Å²) < 4.78 is 14.8. The Bertz CT molecular complexity index is 1330. The van der Waals surface area contributed by atoms with Gasteiger partial charge in [0.05, 0.1) is 15.2 Å². The number of hydrogen-bond acceptors (Lipinski definition) is 5. The van der Waals surface area contributed by atoms with Crippen molar-refractivity contribution in [2.24, 2.45) is 4.99 Å². The van der Waals surface area contributed by atoms with Crippen LogP contribution in [0.1, 0.15) is 9.67 Å². The molecule has 1 aliphatic heterocycles. The van der Waals surface area contributed by atoms with Crippen LogP contribution in [0, 0.1) is 0 Å². The summed E-state index contributed by atoms with van der Waals surface area (Å²) in [7, 11) is 0. The maximum absolute atomic E-state index is 12.9. The Labute approximate surface area is 172 Å². The van der Waals surface area contributed by atoms with Crippen molar-refractivity contribution in [3.05, 3.63) is 63.8 Å². The topological polar surface area (TPSA) is 52.8 Å². The van der Waals surface area contributed by atoms with E-state index in [1.165, 1.54) is 22.7 Å². The van der Waals surface area contributed by atoms with Crippen LogP contribution < -0.4 is 14.3 Å². The van der Waals surface area contributed by atoms with E-state index in [1.807, 2.05) is 41.0 Å². The van der Waals surface area contributed by atoms with Gasteiger partial charge in [0.15, 0.2) is 16.3 Å². The van der Waals surface area contributed by atoms with E-state index in [-0.39, 0.29) is 12.7 Å². The third-order valence-corrected chi connectivity index (χ3v) is 7.12. The maximum atomic E-state index is 12.9. The first kappa shape index (κ1) is 17.5. The zero-order valence-corrected chi connectivity index (χ0v) is 16.9. The highest BCUT2D eigenvalue weighted by atomic mass is 35.5. The molecule has 0 unspecified atom stereocenters. The molecule has 5 nitrogen and oxygen atoms in total. The van der Waals surface area contributed by atoms with Crippen LogP contribution in [0.3, 0.4) is 0 Å².